The lowest BCUT2D eigenvalue weighted by molar-refractivity contribution is -0.373. The van der Waals surface area contributed by atoms with E-state index in [2.05, 4.69) is 0 Å². The summed E-state index contributed by atoms with van der Waals surface area (Å²) in [7, 11) is 1.49. The van der Waals surface area contributed by atoms with Crippen LogP contribution in [-0.4, -0.2) is 241 Å². The molecule has 12 N–H and O–H groups in total. The highest BCUT2D eigenvalue weighted by Crippen LogP contribution is 2.45. The van der Waals surface area contributed by atoms with Crippen molar-refractivity contribution >= 4 is 17.9 Å². The van der Waals surface area contributed by atoms with E-state index < -0.39 is 185 Å². The summed E-state index contributed by atoms with van der Waals surface area (Å²) < 4.78 is 59.1. The Hall–Kier alpha value is -2.61. The van der Waals surface area contributed by atoms with Crippen LogP contribution in [0.5, 0.6) is 0 Å². The van der Waals surface area contributed by atoms with Crippen LogP contribution in [0.1, 0.15) is 70.6 Å². The second-order valence-electron chi connectivity index (χ2n) is 19.6. The van der Waals surface area contributed by atoms with Crippen LogP contribution in [0.25, 0.3) is 0 Å². The minimum Gasteiger partial charge on any atom is -0.481 e. The minimum atomic E-state index is -1.89. The predicted octanol–water partition coefficient (Wildman–Crippen LogP) is -4.39. The molecular weight excluding hydrogens is 940 g/mol. The molecule has 70 heavy (non-hydrogen) atoms. The summed E-state index contributed by atoms with van der Waals surface area (Å²) in [5.74, 6) is -4.44. The van der Waals surface area contributed by atoms with E-state index in [4.69, 9.17) is 52.5 Å². The molecule has 3 aliphatic carbocycles. The summed E-state index contributed by atoms with van der Waals surface area (Å²) in [6, 6.07) is 0. The predicted molar refractivity (Wildman–Crippen MR) is 227 cm³/mol. The Morgan fingerprint density at radius 2 is 1.24 bits per heavy atom. The number of carboxylic acids is 1. The van der Waals surface area contributed by atoms with Gasteiger partial charge in [0.15, 0.2) is 18.9 Å². The number of aliphatic hydroxyl groups is 11. The van der Waals surface area contributed by atoms with E-state index in [1.807, 2.05) is 0 Å². The largest absolute Gasteiger partial charge is 0.481 e. The van der Waals surface area contributed by atoms with Gasteiger partial charge >= 0.3 is 17.9 Å². The fourth-order valence-corrected chi connectivity index (χ4v) is 10.7. The third kappa shape index (κ3) is 13.4. The van der Waals surface area contributed by atoms with E-state index in [0.717, 1.165) is 0 Å². The summed E-state index contributed by atoms with van der Waals surface area (Å²) in [6.07, 6.45) is -24.7. The second-order valence-corrected chi connectivity index (χ2v) is 19.6. The Kier molecular flexibility index (Phi) is 19.4. The van der Waals surface area contributed by atoms with E-state index in [1.165, 1.54) is 13.2 Å². The number of hydrogen-bond donors (Lipinski definition) is 12. The molecule has 0 amide bonds. The van der Waals surface area contributed by atoms with Crippen molar-refractivity contribution < 1.29 is 123 Å². The minimum absolute atomic E-state index is 0.0553. The van der Waals surface area contributed by atoms with Gasteiger partial charge in [-0.15, -0.1) is 0 Å². The van der Waals surface area contributed by atoms with Gasteiger partial charge in [-0.1, -0.05) is 6.08 Å². The fourth-order valence-electron chi connectivity index (χ4n) is 10.7. The zero-order chi connectivity index (χ0) is 50.6. The maximum absolute atomic E-state index is 13.0. The van der Waals surface area contributed by atoms with Crippen LogP contribution in [0, 0.1) is 17.8 Å². The fraction of sp³-hybridized carbons (Fsp3) is 0.889. The molecule has 0 bridgehead atoms. The second kappa shape index (κ2) is 24.6. The number of methoxy groups -OCH3 is 1. The first kappa shape index (κ1) is 55.1. The number of ether oxygens (including phenoxy) is 10. The topological polar surface area (TPSA) is 386 Å². The van der Waals surface area contributed by atoms with Gasteiger partial charge in [-0.2, -0.15) is 0 Å². The average molecular weight is 1010 g/mol. The monoisotopic (exact) mass is 1010 g/mol. The molecule has 3 saturated carbocycles. The number of aliphatic carboxylic acids is 1. The Balaban J connectivity index is 1.12. The molecule has 25 nitrogen and oxygen atoms in total. The van der Waals surface area contributed by atoms with Crippen molar-refractivity contribution in [1.82, 2.24) is 0 Å². The number of carboxylic acid groups (broad SMARTS) is 1. The van der Waals surface area contributed by atoms with Crippen LogP contribution >= 0.6 is 0 Å². The van der Waals surface area contributed by atoms with Gasteiger partial charge in [0.05, 0.1) is 55.4 Å². The van der Waals surface area contributed by atoms with Crippen LogP contribution in [0.15, 0.2) is 12.2 Å². The van der Waals surface area contributed by atoms with Crippen LogP contribution < -0.4 is 0 Å². The maximum atomic E-state index is 13.0. The number of aliphatic hydroxyl groups excluding tert-OH is 11. The smallest absolute Gasteiger partial charge is 0.330 e. The quantitative estimate of drug-likeness (QED) is 0.0395. The number of esters is 2. The van der Waals surface area contributed by atoms with Crippen molar-refractivity contribution in [2.75, 3.05) is 26.9 Å². The third-order valence-electron chi connectivity index (χ3n) is 14.7. The zero-order valence-corrected chi connectivity index (χ0v) is 38.7. The van der Waals surface area contributed by atoms with Gasteiger partial charge in [-0.25, -0.2) is 4.79 Å². The molecule has 23 atom stereocenters. The highest BCUT2D eigenvalue weighted by molar-refractivity contribution is 5.90. The van der Waals surface area contributed by atoms with Crippen molar-refractivity contribution in [3.8, 4) is 0 Å². The summed E-state index contributed by atoms with van der Waals surface area (Å²) in [4.78, 5) is 36.0. The van der Waals surface area contributed by atoms with Crippen molar-refractivity contribution in [3.63, 3.8) is 0 Å². The van der Waals surface area contributed by atoms with Crippen molar-refractivity contribution in [3.05, 3.63) is 12.2 Å². The molecule has 0 spiro atoms. The van der Waals surface area contributed by atoms with Crippen LogP contribution in [0.3, 0.4) is 0 Å². The van der Waals surface area contributed by atoms with Crippen LogP contribution in [-0.2, 0) is 61.8 Å². The van der Waals surface area contributed by atoms with Gasteiger partial charge in [-0.05, 0) is 69.6 Å². The van der Waals surface area contributed by atoms with E-state index in [1.54, 1.807) is 6.08 Å². The molecular formula is C45H70O25. The van der Waals surface area contributed by atoms with Crippen molar-refractivity contribution in [2.45, 2.75) is 205 Å². The van der Waals surface area contributed by atoms with Gasteiger partial charge in [-0.3, -0.25) is 9.59 Å². The number of rotatable bonds is 16. The van der Waals surface area contributed by atoms with Crippen LogP contribution in [0.2, 0.25) is 0 Å². The van der Waals surface area contributed by atoms with Gasteiger partial charge in [0, 0.05) is 25.5 Å². The number of carbonyl (C=O) groups is 3. The average Bonchev–Trinajstić information content (AvgIpc) is 3.32. The molecule has 7 aliphatic rings. The zero-order valence-electron chi connectivity index (χ0n) is 38.7. The first-order chi connectivity index (χ1) is 33.3. The molecule has 4 heterocycles. The Morgan fingerprint density at radius 3 is 1.94 bits per heavy atom. The van der Waals surface area contributed by atoms with E-state index >= 15 is 0 Å². The number of fused-ring (bicyclic) bond motifs is 1. The molecule has 0 radical (unpaired) electrons. The van der Waals surface area contributed by atoms with Crippen molar-refractivity contribution in [2.24, 2.45) is 17.8 Å². The molecule has 400 valence electrons. The molecule has 0 aromatic carbocycles. The summed E-state index contributed by atoms with van der Waals surface area (Å²) in [5.41, 5.74) is 0. The number of carbonyl (C=O) groups excluding carboxylic acids is 2. The molecule has 9 unspecified atom stereocenters. The number of hydrogen-bond acceptors (Lipinski definition) is 24. The van der Waals surface area contributed by atoms with E-state index in [9.17, 15) is 70.6 Å². The van der Waals surface area contributed by atoms with Crippen molar-refractivity contribution in [1.29, 1.82) is 0 Å². The molecule has 4 aliphatic heterocycles. The molecule has 4 saturated heterocycles. The molecule has 7 rings (SSSR count). The Morgan fingerprint density at radius 1 is 0.586 bits per heavy atom. The number of allylic oxidation sites excluding steroid dienone is 1. The lowest BCUT2D eigenvalue weighted by Gasteiger charge is -2.52. The normalized spacial score (nSPS) is 47.0. The lowest BCUT2D eigenvalue weighted by atomic mass is 9.73. The van der Waals surface area contributed by atoms with Gasteiger partial charge in [0.1, 0.15) is 86.8 Å². The van der Waals surface area contributed by atoms with E-state index in [-0.39, 0.29) is 31.1 Å². The highest BCUT2D eigenvalue weighted by atomic mass is 16.8. The standard InChI is InChI=1S/C45H70O25/c1-61-27-10-18(2-8-23(27)48)3-9-32(52)62-16-30-36(56)38(58)42(70-43-39(59)34(54)24(49)15-64-43)45(69-30)67-28-13-22-25(65-41(28)19-4-6-20(46)7-5-19)11-21(47)12-26(22)66-44-40(60)37(57)35(55)29(68-44)17-63-33(53)14-31(50)51/h3,9,18-30,34-49,54-60H,2,4-8,10-17H2,1H3,(H,50,51)/t18?,19?,20?,21?,22?,23?,24-,25?,26?,27?,28?,29-,30-,34+,35-,36-,37+,38+,39-,40-,41?,42-,43+,44-,45-/m1/s1. The van der Waals surface area contributed by atoms with Crippen LogP contribution in [0.4, 0.5) is 0 Å². The molecule has 0 aromatic rings. The van der Waals surface area contributed by atoms with Gasteiger partial charge in [0.25, 0.3) is 0 Å². The van der Waals surface area contributed by atoms with E-state index in [0.29, 0.717) is 44.9 Å². The summed E-state index contributed by atoms with van der Waals surface area (Å²) in [6.45, 7) is -1.78. The maximum Gasteiger partial charge on any atom is 0.330 e. The molecule has 0 aromatic heterocycles. The first-order valence-electron chi connectivity index (χ1n) is 24.1. The first-order valence-corrected chi connectivity index (χ1v) is 24.1. The Labute approximate surface area is 402 Å². The highest BCUT2D eigenvalue weighted by Gasteiger charge is 2.55. The third-order valence-corrected chi connectivity index (χ3v) is 14.7. The van der Waals surface area contributed by atoms with Gasteiger partial charge < -0.3 is 109 Å². The summed E-state index contributed by atoms with van der Waals surface area (Å²) >= 11 is 0. The van der Waals surface area contributed by atoms with Gasteiger partial charge in [0.2, 0.25) is 0 Å². The molecule has 25 heteroatoms. The Bertz CT molecular complexity index is 1730. The molecule has 7 fully saturated rings. The lowest BCUT2D eigenvalue weighted by Crippen LogP contribution is -2.65. The summed E-state index contributed by atoms with van der Waals surface area (Å²) in [5, 5.41) is 128. The SMILES string of the molecule is COC1CC(C=CC(=O)OC[C@H]2O[C@@H](OC3CC4C(CC(O)CC4O[C@@H]4O[C@H](COC(=O)CC(=O)O)[C@@H](O)[C@H](O)[C@H]4O)OC3C3CCC(O)CC3)[C@H](O[C@@H]3OC[C@@H](O)[C@H](O)[C@H]3O)[C@@H](O)[C@@H]2O)CCC1O.